The molecule has 1 aliphatic heterocycles. The summed E-state index contributed by atoms with van der Waals surface area (Å²) < 4.78 is 1.81. The molecule has 28 heavy (non-hydrogen) atoms. The second kappa shape index (κ2) is 7.59. The summed E-state index contributed by atoms with van der Waals surface area (Å²) in [6, 6.07) is 9.80. The fourth-order valence-corrected chi connectivity index (χ4v) is 3.91. The molecule has 0 saturated carbocycles. The van der Waals surface area contributed by atoms with Crippen LogP contribution in [0.4, 0.5) is 5.69 Å². The molecule has 0 spiro atoms. The van der Waals surface area contributed by atoms with E-state index in [-0.39, 0.29) is 11.9 Å². The van der Waals surface area contributed by atoms with Gasteiger partial charge in [0, 0.05) is 50.6 Å². The zero-order valence-corrected chi connectivity index (χ0v) is 16.6. The van der Waals surface area contributed by atoms with Crippen molar-refractivity contribution in [3.8, 4) is 0 Å². The maximum Gasteiger partial charge on any atom is 0.217 e. The van der Waals surface area contributed by atoms with Gasteiger partial charge in [-0.3, -0.25) is 4.79 Å². The number of likely N-dealkylation sites (N-methyl/N-ethyl adjacent to an activating group) is 1. The van der Waals surface area contributed by atoms with Crippen LogP contribution in [0.1, 0.15) is 29.8 Å². The van der Waals surface area contributed by atoms with Gasteiger partial charge in [-0.15, -0.1) is 0 Å². The minimum Gasteiger partial charge on any atom is -0.369 e. The van der Waals surface area contributed by atoms with Crippen molar-refractivity contribution >= 4 is 17.2 Å². The zero-order chi connectivity index (χ0) is 19.7. The molecule has 1 fully saturated rings. The quantitative estimate of drug-likeness (QED) is 0.752. The van der Waals surface area contributed by atoms with Crippen LogP contribution >= 0.6 is 0 Å². The van der Waals surface area contributed by atoms with E-state index in [0.29, 0.717) is 0 Å². The lowest BCUT2D eigenvalue weighted by Crippen LogP contribution is -2.45. The van der Waals surface area contributed by atoms with Gasteiger partial charge in [-0.2, -0.15) is 5.10 Å². The Bertz CT molecular complexity index is 989. The normalized spacial score (nSPS) is 16.3. The van der Waals surface area contributed by atoms with E-state index in [1.54, 1.807) is 17.6 Å². The van der Waals surface area contributed by atoms with Crippen molar-refractivity contribution in [3.05, 3.63) is 59.5 Å². The van der Waals surface area contributed by atoms with Crippen LogP contribution in [0.15, 0.2) is 42.7 Å². The maximum atomic E-state index is 12.1. The lowest BCUT2D eigenvalue weighted by atomic mass is 9.95. The number of amides is 1. The number of imidazole rings is 1. The minimum atomic E-state index is -0.321. The lowest BCUT2D eigenvalue weighted by molar-refractivity contribution is -0.119. The third-order valence-corrected chi connectivity index (χ3v) is 5.38. The number of anilines is 1. The Morgan fingerprint density at radius 3 is 2.68 bits per heavy atom. The molecule has 4 rings (SSSR count). The number of carbonyl (C=O) groups is 1. The van der Waals surface area contributed by atoms with E-state index in [9.17, 15) is 4.79 Å². The van der Waals surface area contributed by atoms with E-state index >= 15 is 0 Å². The van der Waals surface area contributed by atoms with Crippen molar-refractivity contribution in [1.82, 2.24) is 24.8 Å². The Balaban J connectivity index is 1.84. The summed E-state index contributed by atoms with van der Waals surface area (Å²) in [6.45, 7) is 7.62. The molecule has 3 heterocycles. The van der Waals surface area contributed by atoms with Gasteiger partial charge in [-0.05, 0) is 37.7 Å². The Kier molecular flexibility index (Phi) is 5.00. The highest BCUT2D eigenvalue weighted by molar-refractivity contribution is 5.75. The summed E-state index contributed by atoms with van der Waals surface area (Å²) in [7, 11) is 2.15. The predicted molar refractivity (Wildman–Crippen MR) is 110 cm³/mol. The molecule has 1 amide bonds. The molecule has 1 unspecified atom stereocenters. The Labute approximate surface area is 165 Å². The van der Waals surface area contributed by atoms with Gasteiger partial charge < -0.3 is 15.1 Å². The number of hydrogen-bond acceptors (Lipinski definition) is 5. The van der Waals surface area contributed by atoms with E-state index in [1.807, 2.05) is 18.3 Å². The first-order valence-corrected chi connectivity index (χ1v) is 9.63. The molecule has 146 valence electrons. The van der Waals surface area contributed by atoms with Crippen molar-refractivity contribution in [1.29, 1.82) is 0 Å². The van der Waals surface area contributed by atoms with Crippen LogP contribution in [0.5, 0.6) is 0 Å². The van der Waals surface area contributed by atoms with Crippen LogP contribution in [0, 0.1) is 6.92 Å². The van der Waals surface area contributed by atoms with Crippen LogP contribution in [0.25, 0.3) is 5.65 Å². The van der Waals surface area contributed by atoms with E-state index in [4.69, 9.17) is 0 Å². The first-order valence-electron chi connectivity index (χ1n) is 9.63. The first-order chi connectivity index (χ1) is 13.5. The van der Waals surface area contributed by atoms with Crippen molar-refractivity contribution in [3.63, 3.8) is 0 Å². The average Bonchev–Trinajstić information content (AvgIpc) is 3.11. The largest absolute Gasteiger partial charge is 0.369 e. The van der Waals surface area contributed by atoms with Crippen LogP contribution in [-0.4, -0.2) is 58.6 Å². The number of hydrogen-bond donors (Lipinski definition) is 1. The van der Waals surface area contributed by atoms with Crippen LogP contribution in [0.3, 0.4) is 0 Å². The van der Waals surface area contributed by atoms with E-state index in [2.05, 4.69) is 57.4 Å². The topological polar surface area (TPSA) is 65.8 Å². The highest BCUT2D eigenvalue weighted by Crippen LogP contribution is 2.34. The van der Waals surface area contributed by atoms with E-state index < -0.39 is 0 Å². The predicted octanol–water partition coefficient (Wildman–Crippen LogP) is 2.02. The molecule has 7 heteroatoms. The monoisotopic (exact) mass is 378 g/mol. The van der Waals surface area contributed by atoms with E-state index in [0.717, 1.165) is 54.3 Å². The molecule has 3 aromatic rings. The zero-order valence-electron chi connectivity index (χ0n) is 16.6. The summed E-state index contributed by atoms with van der Waals surface area (Å²) in [5.41, 5.74) is 5.03. The molecular weight excluding hydrogens is 352 g/mol. The summed E-state index contributed by atoms with van der Waals surface area (Å²) in [5.74, 6) is -0.0801. The van der Waals surface area contributed by atoms with Crippen molar-refractivity contribution in [2.24, 2.45) is 0 Å². The molecule has 1 saturated heterocycles. The molecule has 0 bridgehead atoms. The van der Waals surface area contributed by atoms with Crippen molar-refractivity contribution in [2.45, 2.75) is 19.9 Å². The molecule has 7 nitrogen and oxygen atoms in total. The smallest absolute Gasteiger partial charge is 0.217 e. The number of nitrogens with one attached hydrogen (secondary N) is 1. The number of piperazine rings is 1. The second-order valence-corrected chi connectivity index (χ2v) is 7.41. The van der Waals surface area contributed by atoms with Gasteiger partial charge in [0.2, 0.25) is 5.91 Å². The van der Waals surface area contributed by atoms with E-state index in [1.165, 1.54) is 0 Å². The van der Waals surface area contributed by atoms with Gasteiger partial charge in [-0.1, -0.05) is 12.1 Å². The summed E-state index contributed by atoms with van der Waals surface area (Å²) >= 11 is 0. The second-order valence-electron chi connectivity index (χ2n) is 7.41. The van der Waals surface area contributed by atoms with Crippen molar-refractivity contribution < 1.29 is 4.79 Å². The SMILES string of the molecule is CC(=O)NC(c1c(C)cccc1N1CCN(C)CC1)c1cnc2cccnn12. The molecule has 0 aliphatic carbocycles. The lowest BCUT2D eigenvalue weighted by Gasteiger charge is -2.36. The highest BCUT2D eigenvalue weighted by Gasteiger charge is 2.27. The molecule has 0 radical (unpaired) electrons. The van der Waals surface area contributed by atoms with Crippen molar-refractivity contribution in [2.75, 3.05) is 38.1 Å². The van der Waals surface area contributed by atoms with Gasteiger partial charge in [0.05, 0.1) is 11.9 Å². The minimum absolute atomic E-state index is 0.0801. The molecule has 1 aromatic carbocycles. The number of nitrogens with zero attached hydrogens (tertiary/aromatic N) is 5. The highest BCUT2D eigenvalue weighted by atomic mass is 16.1. The Hall–Kier alpha value is -2.93. The standard InChI is InChI=1S/C21H26N6O/c1-15-6-4-7-17(26-12-10-25(3)11-13-26)20(15)21(24-16(2)28)18-14-22-19-8-5-9-23-27(18)19/h4-9,14,21H,10-13H2,1-3H3,(H,24,28). The third-order valence-electron chi connectivity index (χ3n) is 5.38. The van der Waals surface area contributed by atoms with Crippen LogP contribution in [0.2, 0.25) is 0 Å². The van der Waals surface area contributed by atoms with Crippen LogP contribution in [-0.2, 0) is 4.79 Å². The Morgan fingerprint density at radius 2 is 1.93 bits per heavy atom. The number of carbonyl (C=O) groups excluding carboxylic acids is 1. The van der Waals surface area contributed by atoms with Gasteiger partial charge in [0.25, 0.3) is 0 Å². The molecule has 2 aromatic heterocycles. The Morgan fingerprint density at radius 1 is 1.14 bits per heavy atom. The fraction of sp³-hybridized carbons (Fsp3) is 0.381. The third kappa shape index (κ3) is 3.45. The molecule has 1 N–H and O–H groups in total. The van der Waals surface area contributed by atoms with Gasteiger partial charge in [0.15, 0.2) is 5.65 Å². The van der Waals surface area contributed by atoms with Gasteiger partial charge in [-0.25, -0.2) is 9.50 Å². The first kappa shape index (κ1) is 18.4. The average molecular weight is 378 g/mol. The van der Waals surface area contributed by atoms with Crippen LogP contribution < -0.4 is 10.2 Å². The number of aromatic nitrogens is 3. The van der Waals surface area contributed by atoms with Gasteiger partial charge >= 0.3 is 0 Å². The summed E-state index contributed by atoms with van der Waals surface area (Å²) in [6.07, 6.45) is 3.55. The number of rotatable bonds is 4. The number of aryl methyl sites for hydroxylation is 1. The number of benzene rings is 1. The van der Waals surface area contributed by atoms with Gasteiger partial charge in [0.1, 0.15) is 6.04 Å². The molecule has 1 atom stereocenters. The fourth-order valence-electron chi connectivity index (χ4n) is 3.91. The summed E-state index contributed by atoms with van der Waals surface area (Å²) in [5, 5.41) is 7.60. The molecule has 1 aliphatic rings. The number of fused-ring (bicyclic) bond motifs is 1. The molecular formula is C21H26N6O. The maximum absolute atomic E-state index is 12.1. The summed E-state index contributed by atoms with van der Waals surface area (Å²) in [4.78, 5) is 21.4.